The van der Waals surface area contributed by atoms with Crippen LogP contribution < -0.4 is 10.9 Å². The van der Waals surface area contributed by atoms with Crippen LogP contribution in [-0.4, -0.2) is 16.5 Å². The molecule has 0 aliphatic carbocycles. The maximum absolute atomic E-state index is 12.0. The molecule has 96 valence electrons. The van der Waals surface area contributed by atoms with E-state index in [1.54, 1.807) is 19.9 Å². The normalized spacial score (nSPS) is 10.2. The number of amides is 1. The van der Waals surface area contributed by atoms with E-state index >= 15 is 0 Å². The third kappa shape index (κ3) is 2.98. The first-order valence-electron chi connectivity index (χ1n) is 5.77. The molecule has 18 heavy (non-hydrogen) atoms. The molecule has 5 heteroatoms. The van der Waals surface area contributed by atoms with Crippen molar-refractivity contribution in [2.75, 3.05) is 0 Å². The topological polar surface area (TPSA) is 74.9 Å². The van der Waals surface area contributed by atoms with Gasteiger partial charge in [-0.1, -0.05) is 0 Å². The Morgan fingerprint density at radius 1 is 1.50 bits per heavy atom. The molecule has 0 aliphatic heterocycles. The van der Waals surface area contributed by atoms with E-state index in [4.69, 9.17) is 5.26 Å². The first-order chi connectivity index (χ1) is 8.36. The summed E-state index contributed by atoms with van der Waals surface area (Å²) < 4.78 is 1.32. The largest absolute Gasteiger partial charge is 0.352 e. The van der Waals surface area contributed by atoms with Crippen LogP contribution in [0, 0.1) is 25.2 Å². The highest BCUT2D eigenvalue weighted by Gasteiger charge is 2.13. The number of carbonyl (C=O) groups excluding carboxylic acids is 1. The maximum Gasteiger partial charge on any atom is 0.269 e. The van der Waals surface area contributed by atoms with Crippen molar-refractivity contribution in [3.8, 4) is 6.07 Å². The van der Waals surface area contributed by atoms with Crippen molar-refractivity contribution in [2.24, 2.45) is 0 Å². The van der Waals surface area contributed by atoms with E-state index < -0.39 is 5.56 Å². The molecule has 1 heterocycles. The first kappa shape index (κ1) is 14.0. The Labute approximate surface area is 106 Å². The summed E-state index contributed by atoms with van der Waals surface area (Å²) in [5.74, 6) is -0.233. The molecule has 0 saturated heterocycles. The average molecular weight is 247 g/mol. The SMILES string of the molecule is Cc1cc(C)n(CC(=O)NC(C)C)c(=O)c1C#N. The number of hydrogen-bond donors (Lipinski definition) is 1. The third-order valence-electron chi connectivity index (χ3n) is 2.57. The fraction of sp³-hybridized carbons (Fsp3) is 0.462. The van der Waals surface area contributed by atoms with Crippen LogP contribution in [-0.2, 0) is 11.3 Å². The summed E-state index contributed by atoms with van der Waals surface area (Å²) in [5.41, 5.74) is 1.00. The molecule has 5 nitrogen and oxygen atoms in total. The van der Waals surface area contributed by atoms with Crippen molar-refractivity contribution >= 4 is 5.91 Å². The van der Waals surface area contributed by atoms with Gasteiger partial charge in [0.05, 0.1) is 0 Å². The predicted molar refractivity (Wildman–Crippen MR) is 68.2 cm³/mol. The second kappa shape index (κ2) is 5.50. The molecule has 0 aliphatic rings. The zero-order chi connectivity index (χ0) is 13.9. The highest BCUT2D eigenvalue weighted by Crippen LogP contribution is 2.05. The Balaban J connectivity index is 3.15. The molecule has 1 rings (SSSR count). The summed E-state index contributed by atoms with van der Waals surface area (Å²) in [6.45, 7) is 7.11. The lowest BCUT2D eigenvalue weighted by atomic mass is 10.1. The summed E-state index contributed by atoms with van der Waals surface area (Å²) >= 11 is 0. The van der Waals surface area contributed by atoms with Gasteiger partial charge >= 0.3 is 0 Å². The van der Waals surface area contributed by atoms with Crippen molar-refractivity contribution in [1.29, 1.82) is 5.26 Å². The van der Waals surface area contributed by atoms with Crippen molar-refractivity contribution in [2.45, 2.75) is 40.3 Å². The lowest BCUT2D eigenvalue weighted by molar-refractivity contribution is -0.122. The molecule has 0 saturated carbocycles. The lowest BCUT2D eigenvalue weighted by Gasteiger charge is -2.13. The number of nitriles is 1. The lowest BCUT2D eigenvalue weighted by Crippen LogP contribution is -2.37. The Bertz CT molecular complexity index is 565. The van der Waals surface area contributed by atoms with Gasteiger partial charge in [0.15, 0.2) is 0 Å². The summed E-state index contributed by atoms with van der Waals surface area (Å²) in [5, 5.41) is 11.6. The van der Waals surface area contributed by atoms with Crippen LogP contribution >= 0.6 is 0 Å². The van der Waals surface area contributed by atoms with Gasteiger partial charge < -0.3 is 9.88 Å². The van der Waals surface area contributed by atoms with Gasteiger partial charge in [0, 0.05) is 11.7 Å². The fourth-order valence-electron chi connectivity index (χ4n) is 1.77. The van der Waals surface area contributed by atoms with Gasteiger partial charge in [0.1, 0.15) is 18.2 Å². The summed E-state index contributed by atoms with van der Waals surface area (Å²) in [6.07, 6.45) is 0. The molecule has 1 aromatic rings. The van der Waals surface area contributed by atoms with Gasteiger partial charge in [0.25, 0.3) is 5.56 Å². The Morgan fingerprint density at radius 3 is 2.61 bits per heavy atom. The van der Waals surface area contributed by atoms with Crippen LogP contribution in [0.4, 0.5) is 0 Å². The first-order valence-corrected chi connectivity index (χ1v) is 5.77. The van der Waals surface area contributed by atoms with Gasteiger partial charge in [-0.15, -0.1) is 0 Å². The van der Waals surface area contributed by atoms with Crippen molar-refractivity contribution < 1.29 is 4.79 Å². The van der Waals surface area contributed by atoms with Crippen molar-refractivity contribution in [3.05, 3.63) is 33.2 Å². The van der Waals surface area contributed by atoms with E-state index in [0.717, 1.165) is 0 Å². The second-order valence-corrected chi connectivity index (χ2v) is 4.57. The molecule has 0 atom stereocenters. The molecular weight excluding hydrogens is 230 g/mol. The van der Waals surface area contributed by atoms with Crippen molar-refractivity contribution in [1.82, 2.24) is 9.88 Å². The van der Waals surface area contributed by atoms with E-state index in [1.165, 1.54) is 4.57 Å². The quantitative estimate of drug-likeness (QED) is 0.860. The monoisotopic (exact) mass is 247 g/mol. The predicted octanol–water partition coefficient (Wildman–Crippen LogP) is 0.861. The van der Waals surface area contributed by atoms with Gasteiger partial charge in [-0.05, 0) is 39.3 Å². The Kier molecular flexibility index (Phi) is 4.27. The second-order valence-electron chi connectivity index (χ2n) is 4.57. The highest BCUT2D eigenvalue weighted by molar-refractivity contribution is 5.76. The molecule has 0 bridgehead atoms. The number of pyridine rings is 1. The number of nitrogens with zero attached hydrogens (tertiary/aromatic N) is 2. The summed E-state index contributed by atoms with van der Waals surface area (Å²) in [4.78, 5) is 23.7. The Morgan fingerprint density at radius 2 is 2.11 bits per heavy atom. The number of rotatable bonds is 3. The summed E-state index contributed by atoms with van der Waals surface area (Å²) in [6, 6.07) is 3.64. The van der Waals surface area contributed by atoms with E-state index in [2.05, 4.69) is 5.32 Å². The van der Waals surface area contributed by atoms with Crippen molar-refractivity contribution in [3.63, 3.8) is 0 Å². The zero-order valence-electron chi connectivity index (χ0n) is 11.1. The van der Waals surface area contributed by atoms with Crippen LogP contribution in [0.2, 0.25) is 0 Å². The number of nitrogens with one attached hydrogen (secondary N) is 1. The molecule has 1 N–H and O–H groups in total. The van der Waals surface area contributed by atoms with E-state index in [9.17, 15) is 9.59 Å². The van der Waals surface area contributed by atoms with Gasteiger partial charge in [-0.2, -0.15) is 5.26 Å². The standard InChI is InChI=1S/C13H17N3O2/c1-8(2)15-12(17)7-16-10(4)5-9(3)11(6-14)13(16)18/h5,8H,7H2,1-4H3,(H,15,17). The number of carbonyl (C=O) groups is 1. The van der Waals surface area contributed by atoms with E-state index in [0.29, 0.717) is 11.3 Å². The maximum atomic E-state index is 12.0. The molecule has 0 unspecified atom stereocenters. The number of aryl methyl sites for hydroxylation is 2. The van der Waals surface area contributed by atoms with E-state index in [-0.39, 0.29) is 24.1 Å². The zero-order valence-corrected chi connectivity index (χ0v) is 11.1. The Hall–Kier alpha value is -2.09. The highest BCUT2D eigenvalue weighted by atomic mass is 16.2. The summed E-state index contributed by atoms with van der Waals surface area (Å²) in [7, 11) is 0. The molecule has 1 aromatic heterocycles. The molecule has 0 spiro atoms. The van der Waals surface area contributed by atoms with Crippen LogP contribution in [0.5, 0.6) is 0 Å². The van der Waals surface area contributed by atoms with Crippen LogP contribution in [0.15, 0.2) is 10.9 Å². The van der Waals surface area contributed by atoms with Gasteiger partial charge in [0.2, 0.25) is 5.91 Å². The minimum atomic E-state index is -0.408. The third-order valence-corrected chi connectivity index (χ3v) is 2.57. The minimum Gasteiger partial charge on any atom is -0.352 e. The molecule has 0 fully saturated rings. The number of aromatic nitrogens is 1. The fourth-order valence-corrected chi connectivity index (χ4v) is 1.77. The van der Waals surface area contributed by atoms with Gasteiger partial charge in [-0.25, -0.2) is 0 Å². The number of hydrogen-bond acceptors (Lipinski definition) is 3. The minimum absolute atomic E-state index is 0.0226. The average Bonchev–Trinajstić information content (AvgIpc) is 2.23. The van der Waals surface area contributed by atoms with Crippen LogP contribution in [0.3, 0.4) is 0 Å². The molecular formula is C13H17N3O2. The molecule has 0 radical (unpaired) electrons. The van der Waals surface area contributed by atoms with E-state index in [1.807, 2.05) is 19.9 Å². The van der Waals surface area contributed by atoms with Gasteiger partial charge in [-0.3, -0.25) is 9.59 Å². The smallest absolute Gasteiger partial charge is 0.269 e. The van der Waals surface area contributed by atoms with Crippen LogP contribution in [0.25, 0.3) is 0 Å². The molecule has 0 aromatic carbocycles. The van der Waals surface area contributed by atoms with Crippen LogP contribution in [0.1, 0.15) is 30.7 Å². The molecule has 1 amide bonds.